The molecule has 0 fully saturated rings. The number of carbonyl (C=O) groups is 1. The van der Waals surface area contributed by atoms with Gasteiger partial charge in [-0.05, 0) is 43.7 Å². The van der Waals surface area contributed by atoms with Crippen molar-refractivity contribution in [2.75, 3.05) is 6.54 Å². The van der Waals surface area contributed by atoms with Gasteiger partial charge in [0.25, 0.3) is 0 Å². The molecule has 0 bridgehead atoms. The lowest BCUT2D eigenvalue weighted by Gasteiger charge is -2.37. The summed E-state index contributed by atoms with van der Waals surface area (Å²) in [5.41, 5.74) is 0.936. The minimum absolute atomic E-state index is 0.0539. The summed E-state index contributed by atoms with van der Waals surface area (Å²) in [6, 6.07) is 6.87. The number of aliphatic imine (C=N–C) groups is 1. The molecule has 0 radical (unpaired) electrons. The highest BCUT2D eigenvalue weighted by Crippen LogP contribution is 2.39. The third kappa shape index (κ3) is 3.55. The van der Waals surface area contributed by atoms with Crippen LogP contribution in [0.3, 0.4) is 0 Å². The zero-order chi connectivity index (χ0) is 19.7. The van der Waals surface area contributed by atoms with Crippen molar-refractivity contribution < 1.29 is 14.3 Å². The zero-order valence-electron chi connectivity index (χ0n) is 14.6. The van der Waals surface area contributed by atoms with Crippen molar-refractivity contribution in [3.05, 3.63) is 74.9 Å². The number of likely N-dealkylation sites (N-methyl/N-ethyl adjacent to an activating group) is 1. The molecule has 0 spiro atoms. The van der Waals surface area contributed by atoms with Gasteiger partial charge in [-0.3, -0.25) is 0 Å². The van der Waals surface area contributed by atoms with E-state index in [2.05, 4.69) is 9.98 Å². The molecule has 5 nitrogen and oxygen atoms in total. The van der Waals surface area contributed by atoms with Crippen LogP contribution < -0.4 is 0 Å². The Labute approximate surface area is 165 Å². The van der Waals surface area contributed by atoms with Gasteiger partial charge in [0, 0.05) is 22.8 Å². The van der Waals surface area contributed by atoms with Crippen LogP contribution in [0.1, 0.15) is 31.1 Å². The van der Waals surface area contributed by atoms with Crippen LogP contribution in [-0.4, -0.2) is 33.3 Å². The molecule has 0 amide bonds. The van der Waals surface area contributed by atoms with Crippen LogP contribution in [0, 0.1) is 5.82 Å². The summed E-state index contributed by atoms with van der Waals surface area (Å²) in [6.07, 6.45) is 1.46. The first-order valence-electron chi connectivity index (χ1n) is 8.20. The van der Waals surface area contributed by atoms with Gasteiger partial charge in [0.15, 0.2) is 11.7 Å². The Balaban J connectivity index is 2.26. The molecule has 2 heterocycles. The monoisotopic (exact) mass is 407 g/mol. The molecular formula is C19H16Cl2FN3O2. The van der Waals surface area contributed by atoms with Gasteiger partial charge in [-0.1, -0.05) is 29.3 Å². The smallest absolute Gasteiger partial charge is 0.335 e. The molecular weight excluding hydrogens is 392 g/mol. The number of allylic oxidation sites excluding steroid dienone is 1. The number of carboxylic acids is 1. The molecule has 1 N–H and O–H groups in total. The number of aromatic nitrogens is 1. The summed E-state index contributed by atoms with van der Waals surface area (Å²) in [5, 5.41) is 10.6. The van der Waals surface area contributed by atoms with Crippen molar-refractivity contribution >= 4 is 35.0 Å². The van der Waals surface area contributed by atoms with E-state index in [1.165, 1.54) is 18.3 Å². The van der Waals surface area contributed by atoms with Crippen molar-refractivity contribution in [3.8, 4) is 0 Å². The lowest BCUT2D eigenvalue weighted by atomic mass is 9.93. The molecule has 27 heavy (non-hydrogen) atoms. The Kier molecular flexibility index (Phi) is 5.48. The number of hydrogen-bond donors (Lipinski definition) is 1. The van der Waals surface area contributed by atoms with Gasteiger partial charge < -0.3 is 10.0 Å². The molecule has 1 aromatic heterocycles. The second-order valence-electron chi connectivity index (χ2n) is 5.93. The van der Waals surface area contributed by atoms with Gasteiger partial charge in [0.1, 0.15) is 5.69 Å². The topological polar surface area (TPSA) is 65.8 Å². The number of benzene rings is 1. The first-order chi connectivity index (χ1) is 12.8. The van der Waals surface area contributed by atoms with Crippen LogP contribution in [0.2, 0.25) is 10.0 Å². The molecule has 0 aliphatic carbocycles. The number of rotatable bonds is 4. The summed E-state index contributed by atoms with van der Waals surface area (Å²) in [7, 11) is 0. The van der Waals surface area contributed by atoms with E-state index in [9.17, 15) is 14.3 Å². The van der Waals surface area contributed by atoms with E-state index in [1.54, 1.807) is 30.0 Å². The van der Waals surface area contributed by atoms with Gasteiger partial charge in [-0.2, -0.15) is 0 Å². The van der Waals surface area contributed by atoms with Crippen molar-refractivity contribution in [2.45, 2.75) is 19.9 Å². The average Bonchev–Trinajstić information content (AvgIpc) is 2.61. The number of halogens is 3. The van der Waals surface area contributed by atoms with E-state index in [0.29, 0.717) is 22.2 Å². The maximum atomic E-state index is 14.4. The third-order valence-electron chi connectivity index (χ3n) is 4.32. The van der Waals surface area contributed by atoms with Crippen molar-refractivity contribution in [2.24, 2.45) is 4.99 Å². The summed E-state index contributed by atoms with van der Waals surface area (Å²) in [4.78, 5) is 22.1. The summed E-state index contributed by atoms with van der Waals surface area (Å²) < 4.78 is 14.4. The van der Waals surface area contributed by atoms with Crippen LogP contribution >= 0.6 is 23.2 Å². The van der Waals surface area contributed by atoms with Crippen LogP contribution in [0.4, 0.5) is 4.39 Å². The fourth-order valence-electron chi connectivity index (χ4n) is 3.15. The number of pyridine rings is 1. The Morgan fingerprint density at radius 2 is 2.07 bits per heavy atom. The maximum absolute atomic E-state index is 14.4. The number of hydrogen-bond acceptors (Lipinski definition) is 4. The molecule has 2 aromatic rings. The SMILES string of the molecule is CCN1C(c2ncccc2F)=NC(C)=C(C(=O)O)C1c1ccc(Cl)cc1Cl. The first kappa shape index (κ1) is 19.3. The third-order valence-corrected chi connectivity index (χ3v) is 4.88. The Hall–Kier alpha value is -2.44. The van der Waals surface area contributed by atoms with Gasteiger partial charge in [-0.25, -0.2) is 19.2 Å². The van der Waals surface area contributed by atoms with Gasteiger partial charge >= 0.3 is 5.97 Å². The predicted octanol–water partition coefficient (Wildman–Crippen LogP) is 4.71. The highest BCUT2D eigenvalue weighted by Gasteiger charge is 2.37. The van der Waals surface area contributed by atoms with Gasteiger partial charge in [0.2, 0.25) is 0 Å². The lowest BCUT2D eigenvalue weighted by molar-refractivity contribution is -0.133. The molecule has 1 atom stereocenters. The van der Waals surface area contributed by atoms with E-state index in [4.69, 9.17) is 23.2 Å². The second-order valence-corrected chi connectivity index (χ2v) is 6.77. The van der Waals surface area contributed by atoms with Gasteiger partial charge in [-0.15, -0.1) is 0 Å². The van der Waals surface area contributed by atoms with E-state index < -0.39 is 17.8 Å². The second kappa shape index (κ2) is 7.66. The summed E-state index contributed by atoms with van der Waals surface area (Å²) in [6.45, 7) is 3.77. The predicted molar refractivity (Wildman–Crippen MR) is 103 cm³/mol. The lowest BCUT2D eigenvalue weighted by Crippen LogP contribution is -2.41. The van der Waals surface area contributed by atoms with Crippen LogP contribution in [-0.2, 0) is 4.79 Å². The molecule has 1 unspecified atom stereocenters. The molecule has 0 saturated carbocycles. The van der Waals surface area contributed by atoms with Crippen LogP contribution in [0.15, 0.2) is 52.8 Å². The van der Waals surface area contributed by atoms with Gasteiger partial charge in [0.05, 0.1) is 17.3 Å². The van der Waals surface area contributed by atoms with Crippen LogP contribution in [0.25, 0.3) is 0 Å². The van der Waals surface area contributed by atoms with Crippen molar-refractivity contribution in [1.29, 1.82) is 0 Å². The van der Waals surface area contributed by atoms with E-state index in [0.717, 1.165) is 0 Å². The van der Waals surface area contributed by atoms with Crippen LogP contribution in [0.5, 0.6) is 0 Å². The highest BCUT2D eigenvalue weighted by molar-refractivity contribution is 6.35. The Morgan fingerprint density at radius 3 is 2.67 bits per heavy atom. The minimum Gasteiger partial charge on any atom is -0.478 e. The average molecular weight is 408 g/mol. The highest BCUT2D eigenvalue weighted by atomic mass is 35.5. The largest absolute Gasteiger partial charge is 0.478 e. The van der Waals surface area contributed by atoms with E-state index in [1.807, 2.05) is 6.92 Å². The number of amidine groups is 1. The Morgan fingerprint density at radius 1 is 1.33 bits per heavy atom. The van der Waals surface area contributed by atoms with E-state index in [-0.39, 0.29) is 22.8 Å². The zero-order valence-corrected chi connectivity index (χ0v) is 16.1. The van der Waals surface area contributed by atoms with Crippen molar-refractivity contribution in [1.82, 2.24) is 9.88 Å². The quantitative estimate of drug-likeness (QED) is 0.796. The Bertz CT molecular complexity index is 975. The standard InChI is InChI=1S/C19H16Cl2FN3O2/c1-3-25-17(12-7-6-11(20)9-13(12)21)15(19(26)27)10(2)24-18(25)16-14(22)5-4-8-23-16/h4-9,17H,3H2,1-2H3,(H,26,27). The minimum atomic E-state index is -1.12. The molecule has 3 rings (SSSR count). The normalized spacial score (nSPS) is 17.1. The van der Waals surface area contributed by atoms with Crippen molar-refractivity contribution in [3.63, 3.8) is 0 Å². The first-order valence-corrected chi connectivity index (χ1v) is 8.96. The fraction of sp³-hybridized carbons (Fsp3) is 0.211. The number of carboxylic acid groups (broad SMARTS) is 1. The molecule has 140 valence electrons. The molecule has 1 aliphatic heterocycles. The maximum Gasteiger partial charge on any atom is 0.335 e. The molecule has 0 saturated heterocycles. The number of aliphatic carboxylic acids is 1. The summed E-state index contributed by atoms with van der Waals surface area (Å²) >= 11 is 12.4. The molecule has 1 aromatic carbocycles. The molecule has 8 heteroatoms. The fourth-order valence-corrected chi connectivity index (χ4v) is 3.66. The number of nitrogens with zero attached hydrogens (tertiary/aromatic N) is 3. The molecule has 1 aliphatic rings. The van der Waals surface area contributed by atoms with E-state index >= 15 is 0 Å². The summed E-state index contributed by atoms with van der Waals surface area (Å²) in [5.74, 6) is -1.40.